The Labute approximate surface area is 342 Å². The van der Waals surface area contributed by atoms with Gasteiger partial charge >= 0.3 is 0 Å². The molecule has 0 saturated carbocycles. The highest BCUT2D eigenvalue weighted by molar-refractivity contribution is 6.33. The van der Waals surface area contributed by atoms with Crippen molar-refractivity contribution < 1.29 is 14.4 Å². The van der Waals surface area contributed by atoms with Crippen molar-refractivity contribution in [1.82, 2.24) is 29.3 Å². The summed E-state index contributed by atoms with van der Waals surface area (Å²) in [6.45, 7) is 9.95. The third-order valence-corrected chi connectivity index (χ3v) is 8.69. The zero-order valence-corrected chi connectivity index (χ0v) is 34.2. The van der Waals surface area contributed by atoms with Gasteiger partial charge in [-0.1, -0.05) is 54.6 Å². The van der Waals surface area contributed by atoms with Crippen molar-refractivity contribution in [2.24, 2.45) is 0 Å². The van der Waals surface area contributed by atoms with Gasteiger partial charge in [0.1, 0.15) is 36.1 Å². The van der Waals surface area contributed by atoms with Crippen molar-refractivity contribution in [3.8, 4) is 0 Å². The molecule has 0 N–H and O–H groups in total. The Morgan fingerprint density at radius 3 is 1.30 bits per heavy atom. The Morgan fingerprint density at radius 1 is 0.536 bits per heavy atom. The zero-order valence-electron chi connectivity index (χ0n) is 31.9. The number of carbonyl (C=O) groups is 3. The molecular weight excluding hydrogens is 773 g/mol. The van der Waals surface area contributed by atoms with E-state index >= 15 is 0 Å². The largest absolute Gasteiger partial charge is 0.291 e. The van der Waals surface area contributed by atoms with E-state index in [2.05, 4.69) is 15.3 Å². The second-order valence-corrected chi connectivity index (χ2v) is 14.6. The highest BCUT2D eigenvalue weighted by atomic mass is 35.5. The summed E-state index contributed by atoms with van der Waals surface area (Å²) in [5, 5.41) is 10.9. The first-order valence-corrected chi connectivity index (χ1v) is 19.1. The molecule has 0 spiro atoms. The van der Waals surface area contributed by atoms with Crippen LogP contribution in [0.5, 0.6) is 0 Å². The summed E-state index contributed by atoms with van der Waals surface area (Å²) < 4.78 is 5.17. The molecule has 3 aromatic heterocycles. The molecule has 3 amide bonds. The second kappa shape index (κ2) is 21.6. The normalized spacial score (nSPS) is 12.1. The number of hydrogen-bond acceptors (Lipinski definition) is 6. The predicted octanol–water partition coefficient (Wildman–Crippen LogP) is 8.12. The van der Waals surface area contributed by atoms with Crippen LogP contribution in [-0.2, 0) is 34.4 Å². The molecule has 0 bridgehead atoms. The summed E-state index contributed by atoms with van der Waals surface area (Å²) in [4.78, 5) is 41.4. The lowest BCUT2D eigenvalue weighted by Crippen LogP contribution is -2.37. The lowest BCUT2D eigenvalue weighted by Gasteiger charge is -2.24. The van der Waals surface area contributed by atoms with E-state index in [4.69, 9.17) is 34.8 Å². The van der Waals surface area contributed by atoms with Crippen LogP contribution < -0.4 is 14.7 Å². The van der Waals surface area contributed by atoms with Crippen LogP contribution in [0.2, 0.25) is 0 Å². The standard InChI is InChI=1S/2C14H16ClN3O.C13H14ClN3O/c1-11-8-9-17(16-11)10-18(14(19)12(2)15)13-6-4-3-5-7-13;1-11-8-9-16-18(11)10-17(14(19)12(2)15)13-6-4-3-5-7-13;1-11(14)13(18)17(10-16-9-5-8-15-16)12-6-3-2-4-7-12/h2*3-9,12H,10H2,1-2H3;2-9,11H,10H2,1H3. The molecule has 6 rings (SSSR count). The summed E-state index contributed by atoms with van der Waals surface area (Å²) in [5.74, 6) is -0.415. The van der Waals surface area contributed by atoms with E-state index in [1.807, 2.05) is 135 Å². The molecule has 0 radical (unpaired) electrons. The molecule has 0 fully saturated rings. The predicted molar refractivity (Wildman–Crippen MR) is 224 cm³/mol. The molecule has 0 aliphatic heterocycles. The van der Waals surface area contributed by atoms with Crippen molar-refractivity contribution in [1.29, 1.82) is 0 Å². The fraction of sp³-hybridized carbons (Fsp3) is 0.268. The van der Waals surface area contributed by atoms with Crippen molar-refractivity contribution in [2.75, 3.05) is 14.7 Å². The molecule has 294 valence electrons. The minimum Gasteiger partial charge on any atom is -0.291 e. The average molecular weight is 819 g/mol. The number of rotatable bonds is 12. The quantitative estimate of drug-likeness (QED) is 0.115. The van der Waals surface area contributed by atoms with Crippen LogP contribution in [0.1, 0.15) is 32.2 Å². The third kappa shape index (κ3) is 12.8. The van der Waals surface area contributed by atoms with Crippen molar-refractivity contribution in [3.63, 3.8) is 0 Å². The number of amides is 3. The molecule has 3 unspecified atom stereocenters. The number of para-hydroxylation sites is 3. The number of alkyl halides is 3. The SMILES string of the molecule is CC(Cl)C(=O)N(Cn1cccn1)c1ccccc1.Cc1ccn(CN(C(=O)C(C)Cl)c2ccccc2)n1.Cc1ccnn1CN(C(=O)C(C)Cl)c1ccccc1. The van der Waals surface area contributed by atoms with Gasteiger partial charge in [0.25, 0.3) is 0 Å². The summed E-state index contributed by atoms with van der Waals surface area (Å²) >= 11 is 17.7. The molecule has 0 aliphatic carbocycles. The van der Waals surface area contributed by atoms with E-state index < -0.39 is 16.1 Å². The Bertz CT molecular complexity index is 2070. The second-order valence-electron chi connectivity index (χ2n) is 12.6. The summed E-state index contributed by atoms with van der Waals surface area (Å²) in [7, 11) is 0. The number of anilines is 3. The zero-order chi connectivity index (χ0) is 40.6. The van der Waals surface area contributed by atoms with Crippen molar-refractivity contribution >= 4 is 69.6 Å². The number of nitrogens with zero attached hydrogens (tertiary/aromatic N) is 9. The number of benzene rings is 3. The van der Waals surface area contributed by atoms with Crippen LogP contribution in [0.25, 0.3) is 0 Å². The maximum Gasteiger partial charge on any atom is 0.246 e. The van der Waals surface area contributed by atoms with E-state index in [9.17, 15) is 14.4 Å². The van der Waals surface area contributed by atoms with Gasteiger partial charge in [-0.2, -0.15) is 15.3 Å². The number of carbonyl (C=O) groups excluding carboxylic acids is 3. The van der Waals surface area contributed by atoms with Crippen LogP contribution >= 0.6 is 34.8 Å². The van der Waals surface area contributed by atoms with Gasteiger partial charge in [0.15, 0.2) is 0 Å². The molecular formula is C41H46Cl3N9O3. The fourth-order valence-corrected chi connectivity index (χ4v) is 5.55. The van der Waals surface area contributed by atoms with Gasteiger partial charge in [0.2, 0.25) is 17.7 Å². The summed E-state index contributed by atoms with van der Waals surface area (Å²) in [6.07, 6.45) is 7.05. The van der Waals surface area contributed by atoms with Gasteiger partial charge in [0.05, 0.1) is 5.69 Å². The molecule has 0 aliphatic rings. The van der Waals surface area contributed by atoms with Gasteiger partial charge in [-0.3, -0.25) is 38.4 Å². The molecule has 0 saturated heterocycles. The summed E-state index contributed by atoms with van der Waals surface area (Å²) in [5.41, 5.74) is 4.35. The molecule has 6 aromatic rings. The van der Waals surface area contributed by atoms with E-state index in [0.29, 0.717) is 20.0 Å². The topological polar surface area (TPSA) is 114 Å². The van der Waals surface area contributed by atoms with E-state index in [1.54, 1.807) is 61.9 Å². The van der Waals surface area contributed by atoms with Crippen molar-refractivity contribution in [3.05, 3.63) is 145 Å². The third-order valence-electron chi connectivity index (χ3n) is 8.13. The molecule has 56 heavy (non-hydrogen) atoms. The number of aryl methyl sites for hydroxylation is 2. The first-order chi connectivity index (χ1) is 26.8. The molecule has 3 heterocycles. The van der Waals surface area contributed by atoms with E-state index in [1.165, 1.54) is 0 Å². The van der Waals surface area contributed by atoms with Gasteiger partial charge in [-0.05, 0) is 89.2 Å². The summed E-state index contributed by atoms with van der Waals surface area (Å²) in [6, 6.07) is 34.0. The lowest BCUT2D eigenvalue weighted by molar-refractivity contribution is -0.119. The number of hydrogen-bond donors (Lipinski definition) is 0. The van der Waals surface area contributed by atoms with Crippen LogP contribution in [0.15, 0.2) is 134 Å². The minimum absolute atomic E-state index is 0.136. The van der Waals surface area contributed by atoms with Gasteiger partial charge < -0.3 is 0 Å². The molecule has 3 aromatic carbocycles. The van der Waals surface area contributed by atoms with Crippen LogP contribution in [0.4, 0.5) is 17.1 Å². The van der Waals surface area contributed by atoms with Gasteiger partial charge in [-0.25, -0.2) is 4.68 Å². The Morgan fingerprint density at radius 2 is 0.964 bits per heavy atom. The molecule has 15 heteroatoms. The van der Waals surface area contributed by atoms with Crippen LogP contribution in [-0.4, -0.2) is 63.2 Å². The highest BCUT2D eigenvalue weighted by Crippen LogP contribution is 2.20. The maximum absolute atomic E-state index is 12.2. The molecule has 12 nitrogen and oxygen atoms in total. The minimum atomic E-state index is -0.573. The first-order valence-electron chi connectivity index (χ1n) is 17.8. The van der Waals surface area contributed by atoms with Crippen molar-refractivity contribution in [2.45, 2.75) is 70.8 Å². The Kier molecular flexibility index (Phi) is 16.7. The Hall–Kier alpha value is -5.43. The highest BCUT2D eigenvalue weighted by Gasteiger charge is 2.23. The Balaban J connectivity index is 0.000000187. The fourth-order valence-electron chi connectivity index (χ4n) is 5.20. The lowest BCUT2D eigenvalue weighted by atomic mass is 10.2. The average Bonchev–Trinajstić information content (AvgIpc) is 3.98. The van der Waals surface area contributed by atoms with Gasteiger partial charge in [0, 0.05) is 47.5 Å². The van der Waals surface area contributed by atoms with E-state index in [0.717, 1.165) is 28.5 Å². The van der Waals surface area contributed by atoms with Gasteiger partial charge in [-0.15, -0.1) is 34.8 Å². The van der Waals surface area contributed by atoms with E-state index in [-0.39, 0.29) is 17.7 Å². The first kappa shape index (κ1) is 43.3. The molecule has 3 atom stereocenters. The maximum atomic E-state index is 12.2. The van der Waals surface area contributed by atoms with Crippen LogP contribution in [0.3, 0.4) is 0 Å². The number of aromatic nitrogens is 6. The monoisotopic (exact) mass is 817 g/mol. The van der Waals surface area contributed by atoms with Crippen LogP contribution in [0, 0.1) is 13.8 Å². The number of halogens is 3. The smallest absolute Gasteiger partial charge is 0.246 e.